The Morgan fingerprint density at radius 2 is 1.10 bits per heavy atom. The number of alkyl halides is 2. The normalized spacial score (nSPS) is 17.4. The number of ether oxygens (including phenoxy) is 3. The predicted octanol–water partition coefficient (Wildman–Crippen LogP) is 4.78. The average molecular weight is 310 g/mol. The van der Waals surface area contributed by atoms with Crippen LogP contribution in [0.4, 0.5) is 8.78 Å². The Kier molecular flexibility index (Phi) is 13.2. The molecule has 0 spiro atoms. The van der Waals surface area contributed by atoms with Crippen molar-refractivity contribution >= 4 is 0 Å². The number of hydrogen-bond donors (Lipinski definition) is 0. The molecule has 0 aliphatic heterocycles. The Balaban J connectivity index is 4.52. The highest BCUT2D eigenvalue weighted by Gasteiger charge is 2.29. The second kappa shape index (κ2) is 13.4. The molecule has 0 aliphatic carbocycles. The standard InChI is InChI=1S/C16H32F2O3/c1-5-9-11-19-15(13(17)7-3)21-16(14(18)8-4)20-12-10-6-2/h13-16H,5-12H2,1-4H3. The molecule has 21 heavy (non-hydrogen) atoms. The average Bonchev–Trinajstić information content (AvgIpc) is 2.51. The molecule has 4 atom stereocenters. The van der Waals surface area contributed by atoms with E-state index >= 15 is 0 Å². The highest BCUT2D eigenvalue weighted by Crippen LogP contribution is 2.18. The third kappa shape index (κ3) is 9.38. The topological polar surface area (TPSA) is 27.7 Å². The van der Waals surface area contributed by atoms with Gasteiger partial charge >= 0.3 is 0 Å². The van der Waals surface area contributed by atoms with E-state index in [0.717, 1.165) is 25.7 Å². The summed E-state index contributed by atoms with van der Waals surface area (Å²) in [6, 6.07) is 0. The molecule has 4 unspecified atom stereocenters. The monoisotopic (exact) mass is 310 g/mol. The second-order valence-electron chi connectivity index (χ2n) is 5.17. The van der Waals surface area contributed by atoms with Gasteiger partial charge in [0.15, 0.2) is 24.9 Å². The van der Waals surface area contributed by atoms with Gasteiger partial charge in [-0.15, -0.1) is 0 Å². The van der Waals surface area contributed by atoms with Gasteiger partial charge in [0.05, 0.1) is 0 Å². The van der Waals surface area contributed by atoms with Crippen LogP contribution in [0.2, 0.25) is 0 Å². The summed E-state index contributed by atoms with van der Waals surface area (Å²) < 4.78 is 44.1. The first-order valence-electron chi connectivity index (χ1n) is 8.27. The van der Waals surface area contributed by atoms with Gasteiger partial charge in [-0.2, -0.15) is 0 Å². The van der Waals surface area contributed by atoms with Crippen molar-refractivity contribution < 1.29 is 23.0 Å². The molecule has 0 fully saturated rings. The van der Waals surface area contributed by atoms with Crippen molar-refractivity contribution in [2.75, 3.05) is 13.2 Å². The fraction of sp³-hybridized carbons (Fsp3) is 1.00. The summed E-state index contributed by atoms with van der Waals surface area (Å²) in [4.78, 5) is 0. The Hall–Kier alpha value is -0.260. The van der Waals surface area contributed by atoms with Gasteiger partial charge < -0.3 is 14.2 Å². The lowest BCUT2D eigenvalue weighted by Gasteiger charge is -2.28. The van der Waals surface area contributed by atoms with E-state index in [1.807, 2.05) is 13.8 Å². The molecule has 3 nitrogen and oxygen atoms in total. The molecule has 0 bridgehead atoms. The number of unbranched alkanes of at least 4 members (excludes halogenated alkanes) is 2. The van der Waals surface area contributed by atoms with Crippen LogP contribution in [0.15, 0.2) is 0 Å². The summed E-state index contributed by atoms with van der Waals surface area (Å²) in [5.74, 6) is 0. The van der Waals surface area contributed by atoms with Crippen molar-refractivity contribution in [2.45, 2.75) is 91.1 Å². The van der Waals surface area contributed by atoms with Crippen molar-refractivity contribution in [2.24, 2.45) is 0 Å². The molecular weight excluding hydrogens is 278 g/mol. The first-order chi connectivity index (χ1) is 10.1. The molecule has 0 saturated carbocycles. The Morgan fingerprint density at radius 1 is 0.714 bits per heavy atom. The summed E-state index contributed by atoms with van der Waals surface area (Å²) in [7, 11) is 0. The predicted molar refractivity (Wildman–Crippen MR) is 80.8 cm³/mol. The third-order valence-corrected chi connectivity index (χ3v) is 3.20. The molecule has 0 rings (SSSR count). The van der Waals surface area contributed by atoms with Crippen molar-refractivity contribution in [1.29, 1.82) is 0 Å². The van der Waals surface area contributed by atoms with Gasteiger partial charge in [0.1, 0.15) is 0 Å². The lowest BCUT2D eigenvalue weighted by atomic mass is 10.2. The van der Waals surface area contributed by atoms with Gasteiger partial charge in [0.2, 0.25) is 0 Å². The highest BCUT2D eigenvalue weighted by atomic mass is 19.1. The second-order valence-corrected chi connectivity index (χ2v) is 5.17. The van der Waals surface area contributed by atoms with Crippen LogP contribution in [-0.4, -0.2) is 38.1 Å². The van der Waals surface area contributed by atoms with Crippen LogP contribution in [0.5, 0.6) is 0 Å². The van der Waals surface area contributed by atoms with Gasteiger partial charge in [0, 0.05) is 13.2 Å². The van der Waals surface area contributed by atoms with Crippen LogP contribution in [0.25, 0.3) is 0 Å². The minimum Gasteiger partial charge on any atom is -0.350 e. The van der Waals surface area contributed by atoms with E-state index < -0.39 is 24.9 Å². The minimum atomic E-state index is -1.27. The zero-order chi connectivity index (χ0) is 16.1. The van der Waals surface area contributed by atoms with E-state index in [1.165, 1.54) is 0 Å². The molecule has 0 radical (unpaired) electrons. The third-order valence-electron chi connectivity index (χ3n) is 3.20. The van der Waals surface area contributed by atoms with Gasteiger partial charge in [-0.05, 0) is 25.7 Å². The number of hydrogen-bond acceptors (Lipinski definition) is 3. The molecule has 0 aromatic heterocycles. The lowest BCUT2D eigenvalue weighted by Crippen LogP contribution is -2.38. The molecular formula is C16H32F2O3. The van der Waals surface area contributed by atoms with Gasteiger partial charge in [-0.25, -0.2) is 8.78 Å². The van der Waals surface area contributed by atoms with Gasteiger partial charge in [0.25, 0.3) is 0 Å². The van der Waals surface area contributed by atoms with E-state index in [2.05, 4.69) is 0 Å². The van der Waals surface area contributed by atoms with E-state index in [-0.39, 0.29) is 12.8 Å². The summed E-state index contributed by atoms with van der Waals surface area (Å²) >= 11 is 0. The molecule has 0 aromatic rings. The molecule has 0 heterocycles. The van der Waals surface area contributed by atoms with E-state index in [0.29, 0.717) is 13.2 Å². The Morgan fingerprint density at radius 3 is 1.38 bits per heavy atom. The number of halogens is 2. The van der Waals surface area contributed by atoms with Gasteiger partial charge in [-0.3, -0.25) is 0 Å². The van der Waals surface area contributed by atoms with Crippen LogP contribution in [0.1, 0.15) is 66.2 Å². The molecule has 0 saturated heterocycles. The molecule has 0 amide bonds. The molecule has 128 valence electrons. The van der Waals surface area contributed by atoms with Gasteiger partial charge in [-0.1, -0.05) is 40.5 Å². The van der Waals surface area contributed by atoms with Crippen LogP contribution in [0.3, 0.4) is 0 Å². The lowest BCUT2D eigenvalue weighted by molar-refractivity contribution is -0.280. The fourth-order valence-electron chi connectivity index (χ4n) is 1.66. The van der Waals surface area contributed by atoms with Crippen LogP contribution in [-0.2, 0) is 14.2 Å². The van der Waals surface area contributed by atoms with Crippen LogP contribution < -0.4 is 0 Å². The summed E-state index contributed by atoms with van der Waals surface area (Å²) in [6.45, 7) is 8.29. The van der Waals surface area contributed by atoms with Crippen molar-refractivity contribution in [1.82, 2.24) is 0 Å². The smallest absolute Gasteiger partial charge is 0.191 e. The maximum Gasteiger partial charge on any atom is 0.191 e. The quantitative estimate of drug-likeness (QED) is 0.341. The zero-order valence-corrected chi connectivity index (χ0v) is 13.9. The first-order valence-corrected chi connectivity index (χ1v) is 8.27. The van der Waals surface area contributed by atoms with Crippen molar-refractivity contribution in [3.63, 3.8) is 0 Å². The summed E-state index contributed by atoms with van der Waals surface area (Å²) in [5.41, 5.74) is 0. The molecule has 0 aliphatic rings. The fourth-order valence-corrected chi connectivity index (χ4v) is 1.66. The Bertz CT molecular complexity index is 208. The number of rotatable bonds is 14. The van der Waals surface area contributed by atoms with Crippen LogP contribution in [0, 0.1) is 0 Å². The van der Waals surface area contributed by atoms with Crippen molar-refractivity contribution in [3.8, 4) is 0 Å². The SMILES string of the molecule is CCCCOC(OC(OCCCC)C(F)CC)C(F)CC. The van der Waals surface area contributed by atoms with Crippen molar-refractivity contribution in [3.05, 3.63) is 0 Å². The van der Waals surface area contributed by atoms with E-state index in [9.17, 15) is 8.78 Å². The largest absolute Gasteiger partial charge is 0.350 e. The van der Waals surface area contributed by atoms with Crippen LogP contribution >= 0.6 is 0 Å². The van der Waals surface area contributed by atoms with E-state index in [1.54, 1.807) is 13.8 Å². The maximum atomic E-state index is 13.9. The summed E-state index contributed by atoms with van der Waals surface area (Å²) in [6.07, 6.45) is -0.583. The Labute approximate surface area is 128 Å². The summed E-state index contributed by atoms with van der Waals surface area (Å²) in [5, 5.41) is 0. The maximum absolute atomic E-state index is 13.9. The molecule has 0 N–H and O–H groups in total. The first kappa shape index (κ1) is 20.7. The molecule has 0 aromatic carbocycles. The van der Waals surface area contributed by atoms with E-state index in [4.69, 9.17) is 14.2 Å². The minimum absolute atomic E-state index is 0.265. The molecule has 5 heteroatoms. The zero-order valence-electron chi connectivity index (χ0n) is 13.9. The highest BCUT2D eigenvalue weighted by molar-refractivity contribution is 4.65.